The molecule has 2 aromatic rings. The van der Waals surface area contributed by atoms with E-state index in [1.807, 2.05) is 36.4 Å². The Morgan fingerprint density at radius 1 is 1.08 bits per heavy atom. The van der Waals surface area contributed by atoms with Crippen molar-refractivity contribution in [1.29, 1.82) is 0 Å². The number of carbonyl (C=O) groups excluding carboxylic acids is 1. The van der Waals surface area contributed by atoms with Crippen LogP contribution in [-0.2, 0) is 17.8 Å². The number of rotatable bonds is 5. The van der Waals surface area contributed by atoms with Gasteiger partial charge in [-0.2, -0.15) is 0 Å². The Labute approximate surface area is 169 Å². The Bertz CT molecular complexity index is 721. The summed E-state index contributed by atoms with van der Waals surface area (Å²) in [5.74, 6) is 0.332. The van der Waals surface area contributed by atoms with Crippen LogP contribution in [0, 0.1) is 0 Å². The maximum Gasteiger partial charge on any atom is 0.337 e. The molecule has 0 saturated carbocycles. The Hall–Kier alpha value is -1.80. The van der Waals surface area contributed by atoms with Crippen LogP contribution < -0.4 is 10.6 Å². The molecule has 0 spiro atoms. The van der Waals surface area contributed by atoms with Gasteiger partial charge in [0, 0.05) is 25.2 Å². The predicted molar refractivity (Wildman–Crippen MR) is 112 cm³/mol. The number of hydrogen-bond acceptors (Lipinski definition) is 3. The van der Waals surface area contributed by atoms with Crippen molar-refractivity contribution in [2.75, 3.05) is 14.2 Å². The van der Waals surface area contributed by atoms with Crippen LogP contribution in [0.2, 0.25) is 5.02 Å². The standard InChI is InChI=1S/C18H20ClN3O2.HI/c1-20-18(22-12-15-5-3-4-6-16(15)19)21-11-13-7-9-14(10-8-13)17(23)24-2;/h3-10H,11-12H2,1-2H3,(H2,20,21,22);1H. The summed E-state index contributed by atoms with van der Waals surface area (Å²) < 4.78 is 4.68. The fraction of sp³-hybridized carbons (Fsp3) is 0.222. The van der Waals surface area contributed by atoms with Gasteiger partial charge in [-0.1, -0.05) is 41.9 Å². The van der Waals surface area contributed by atoms with E-state index in [1.54, 1.807) is 19.2 Å². The summed E-state index contributed by atoms with van der Waals surface area (Å²) in [6.45, 7) is 1.17. The summed E-state index contributed by atoms with van der Waals surface area (Å²) in [6, 6.07) is 14.9. The van der Waals surface area contributed by atoms with Gasteiger partial charge >= 0.3 is 5.97 Å². The minimum Gasteiger partial charge on any atom is -0.465 e. The van der Waals surface area contributed by atoms with Gasteiger partial charge in [0.1, 0.15) is 0 Å². The van der Waals surface area contributed by atoms with Crippen molar-refractivity contribution in [1.82, 2.24) is 10.6 Å². The topological polar surface area (TPSA) is 62.7 Å². The van der Waals surface area contributed by atoms with Gasteiger partial charge < -0.3 is 15.4 Å². The molecule has 134 valence electrons. The van der Waals surface area contributed by atoms with Crippen molar-refractivity contribution in [3.05, 3.63) is 70.2 Å². The van der Waals surface area contributed by atoms with Gasteiger partial charge in [-0.15, -0.1) is 24.0 Å². The molecule has 0 radical (unpaired) electrons. The van der Waals surface area contributed by atoms with Gasteiger partial charge in [0.05, 0.1) is 12.7 Å². The van der Waals surface area contributed by atoms with Crippen LogP contribution in [0.4, 0.5) is 0 Å². The maximum atomic E-state index is 11.4. The van der Waals surface area contributed by atoms with Gasteiger partial charge in [-0.05, 0) is 29.3 Å². The number of methoxy groups -OCH3 is 1. The number of guanidine groups is 1. The van der Waals surface area contributed by atoms with E-state index in [-0.39, 0.29) is 29.9 Å². The Morgan fingerprint density at radius 2 is 1.72 bits per heavy atom. The number of benzene rings is 2. The first-order valence-corrected chi connectivity index (χ1v) is 7.87. The highest BCUT2D eigenvalue weighted by Gasteiger charge is 2.05. The van der Waals surface area contributed by atoms with E-state index in [2.05, 4.69) is 20.4 Å². The van der Waals surface area contributed by atoms with E-state index in [9.17, 15) is 4.79 Å². The lowest BCUT2D eigenvalue weighted by Gasteiger charge is -2.13. The quantitative estimate of drug-likeness (QED) is 0.301. The number of hydrogen-bond donors (Lipinski definition) is 2. The summed E-state index contributed by atoms with van der Waals surface area (Å²) >= 11 is 6.14. The average molecular weight is 474 g/mol. The second-order valence-corrected chi connectivity index (χ2v) is 5.47. The Morgan fingerprint density at radius 3 is 2.32 bits per heavy atom. The van der Waals surface area contributed by atoms with Gasteiger partial charge in [0.25, 0.3) is 0 Å². The Kier molecular flexibility index (Phi) is 9.30. The summed E-state index contributed by atoms with van der Waals surface area (Å²) in [6.07, 6.45) is 0. The van der Waals surface area contributed by atoms with E-state index in [0.717, 1.165) is 16.1 Å². The summed E-state index contributed by atoms with van der Waals surface area (Å²) in [5, 5.41) is 7.15. The molecule has 0 saturated heterocycles. The highest BCUT2D eigenvalue weighted by molar-refractivity contribution is 14.0. The molecule has 0 aliphatic carbocycles. The monoisotopic (exact) mass is 473 g/mol. The minimum absolute atomic E-state index is 0. The van der Waals surface area contributed by atoms with E-state index in [4.69, 9.17) is 11.6 Å². The fourth-order valence-electron chi connectivity index (χ4n) is 2.10. The molecule has 5 nitrogen and oxygen atoms in total. The first-order chi connectivity index (χ1) is 11.6. The number of carbonyl (C=O) groups is 1. The normalized spacial score (nSPS) is 10.6. The third-order valence-electron chi connectivity index (χ3n) is 3.46. The number of nitrogens with one attached hydrogen (secondary N) is 2. The number of halogens is 2. The predicted octanol–water partition coefficient (Wildman–Crippen LogP) is 3.61. The lowest BCUT2D eigenvalue weighted by Crippen LogP contribution is -2.36. The maximum absolute atomic E-state index is 11.4. The van der Waals surface area contributed by atoms with Gasteiger partial charge in [-0.25, -0.2) is 4.79 Å². The zero-order valence-electron chi connectivity index (χ0n) is 14.1. The van der Waals surface area contributed by atoms with Crippen LogP contribution in [0.5, 0.6) is 0 Å². The van der Waals surface area contributed by atoms with Crippen LogP contribution >= 0.6 is 35.6 Å². The third-order valence-corrected chi connectivity index (χ3v) is 3.83. The van der Waals surface area contributed by atoms with E-state index in [0.29, 0.717) is 24.6 Å². The van der Waals surface area contributed by atoms with Gasteiger partial charge in [0.15, 0.2) is 5.96 Å². The number of esters is 1. The lowest BCUT2D eigenvalue weighted by atomic mass is 10.1. The minimum atomic E-state index is -0.341. The second-order valence-electron chi connectivity index (χ2n) is 5.06. The van der Waals surface area contributed by atoms with Crippen LogP contribution in [0.1, 0.15) is 21.5 Å². The average Bonchev–Trinajstić information content (AvgIpc) is 2.63. The molecule has 0 fully saturated rings. The molecule has 0 atom stereocenters. The summed E-state index contributed by atoms with van der Waals surface area (Å²) in [4.78, 5) is 15.6. The summed E-state index contributed by atoms with van der Waals surface area (Å²) in [7, 11) is 3.08. The smallest absolute Gasteiger partial charge is 0.337 e. The molecule has 0 bridgehead atoms. The number of ether oxygens (including phenoxy) is 1. The van der Waals surface area contributed by atoms with Crippen LogP contribution in [0.25, 0.3) is 0 Å². The SMILES string of the molecule is CN=C(NCc1ccc(C(=O)OC)cc1)NCc1ccccc1Cl.I. The van der Waals surface area contributed by atoms with Crippen molar-refractivity contribution in [3.8, 4) is 0 Å². The number of aliphatic imine (C=N–C) groups is 1. The molecule has 2 rings (SSSR count). The zero-order valence-corrected chi connectivity index (χ0v) is 17.2. The van der Waals surface area contributed by atoms with Crippen molar-refractivity contribution in [3.63, 3.8) is 0 Å². The van der Waals surface area contributed by atoms with Crippen LogP contribution in [-0.4, -0.2) is 26.1 Å². The largest absolute Gasteiger partial charge is 0.465 e. The molecule has 7 heteroatoms. The van der Waals surface area contributed by atoms with Crippen LogP contribution in [0.15, 0.2) is 53.5 Å². The molecule has 0 aliphatic heterocycles. The highest BCUT2D eigenvalue weighted by atomic mass is 127. The molecule has 2 N–H and O–H groups in total. The van der Waals surface area contributed by atoms with Crippen molar-refractivity contribution in [2.24, 2.45) is 4.99 Å². The fourth-order valence-corrected chi connectivity index (χ4v) is 2.31. The molecule has 25 heavy (non-hydrogen) atoms. The summed E-state index contributed by atoms with van der Waals surface area (Å²) in [5.41, 5.74) is 2.57. The molecule has 0 aliphatic rings. The van der Waals surface area contributed by atoms with Gasteiger partial charge in [0.2, 0.25) is 0 Å². The highest BCUT2D eigenvalue weighted by Crippen LogP contribution is 2.14. The third kappa shape index (κ3) is 6.55. The first kappa shape index (κ1) is 21.2. The molecule has 2 aromatic carbocycles. The van der Waals surface area contributed by atoms with Crippen molar-refractivity contribution < 1.29 is 9.53 Å². The molecule has 0 unspecified atom stereocenters. The molecule has 0 aromatic heterocycles. The van der Waals surface area contributed by atoms with E-state index < -0.39 is 0 Å². The molecule has 0 heterocycles. The van der Waals surface area contributed by atoms with E-state index >= 15 is 0 Å². The number of nitrogens with zero attached hydrogens (tertiary/aromatic N) is 1. The molecular weight excluding hydrogens is 453 g/mol. The zero-order chi connectivity index (χ0) is 17.4. The van der Waals surface area contributed by atoms with Crippen molar-refractivity contribution in [2.45, 2.75) is 13.1 Å². The molecule has 0 amide bonds. The lowest BCUT2D eigenvalue weighted by molar-refractivity contribution is 0.0600. The Balaban J connectivity index is 0.00000312. The van der Waals surface area contributed by atoms with Crippen LogP contribution in [0.3, 0.4) is 0 Å². The molecular formula is C18H21ClIN3O2. The van der Waals surface area contributed by atoms with Gasteiger partial charge in [-0.3, -0.25) is 4.99 Å². The second kappa shape index (κ2) is 10.9. The first-order valence-electron chi connectivity index (χ1n) is 7.49. The van der Waals surface area contributed by atoms with E-state index in [1.165, 1.54) is 7.11 Å². The van der Waals surface area contributed by atoms with Crippen molar-refractivity contribution >= 4 is 47.5 Å².